The summed E-state index contributed by atoms with van der Waals surface area (Å²) in [6.07, 6.45) is 4.33. The number of benzene rings is 1. The molecule has 2 aromatic heterocycles. The zero-order valence-electron chi connectivity index (χ0n) is 16.9. The fourth-order valence-electron chi connectivity index (χ4n) is 3.81. The molecule has 1 saturated heterocycles. The van der Waals surface area contributed by atoms with Crippen molar-refractivity contribution >= 4 is 23.0 Å². The first-order valence-corrected chi connectivity index (χ1v) is 9.98. The molecule has 1 aromatic carbocycles. The number of carbonyl (C=O) groups excluding carboxylic acids is 1. The van der Waals surface area contributed by atoms with Crippen molar-refractivity contribution < 1.29 is 13.9 Å². The van der Waals surface area contributed by atoms with E-state index in [-0.39, 0.29) is 11.8 Å². The van der Waals surface area contributed by atoms with Gasteiger partial charge in [0.25, 0.3) is 6.01 Å². The second-order valence-electron chi connectivity index (χ2n) is 7.57. The highest BCUT2D eigenvalue weighted by Crippen LogP contribution is 2.29. The van der Waals surface area contributed by atoms with Crippen molar-refractivity contribution in [1.29, 1.82) is 0 Å². The van der Waals surface area contributed by atoms with Crippen molar-refractivity contribution in [3.63, 3.8) is 0 Å². The molecule has 1 aliphatic heterocycles. The third-order valence-corrected chi connectivity index (χ3v) is 5.30. The Morgan fingerprint density at radius 2 is 2.24 bits per heavy atom. The number of pyridine rings is 1. The molecular weight excluding hydrogens is 368 g/mol. The second kappa shape index (κ2) is 8.51. The Balaban J connectivity index is 1.35. The predicted octanol–water partition coefficient (Wildman–Crippen LogP) is 3.46. The molecule has 29 heavy (non-hydrogen) atoms. The number of rotatable bonds is 6. The SMILES string of the molecule is COc1ccc2oc(N3CCCC(CC(=O)NCc4ccnc(C)c4)C3)nc2c1. The van der Waals surface area contributed by atoms with Gasteiger partial charge in [-0.05, 0) is 55.5 Å². The van der Waals surface area contributed by atoms with Crippen molar-refractivity contribution in [3.05, 3.63) is 47.8 Å². The third-order valence-electron chi connectivity index (χ3n) is 5.30. The van der Waals surface area contributed by atoms with Gasteiger partial charge in [0.1, 0.15) is 11.3 Å². The molecule has 3 aromatic rings. The first kappa shape index (κ1) is 19.2. The number of methoxy groups -OCH3 is 1. The molecule has 152 valence electrons. The van der Waals surface area contributed by atoms with Crippen molar-refractivity contribution in [2.24, 2.45) is 5.92 Å². The lowest BCUT2D eigenvalue weighted by Gasteiger charge is -2.31. The smallest absolute Gasteiger partial charge is 0.298 e. The molecule has 1 amide bonds. The number of aryl methyl sites for hydroxylation is 1. The molecule has 0 spiro atoms. The molecule has 0 radical (unpaired) electrons. The van der Waals surface area contributed by atoms with Gasteiger partial charge < -0.3 is 19.4 Å². The molecule has 0 bridgehead atoms. The van der Waals surface area contributed by atoms with E-state index in [0.717, 1.165) is 54.0 Å². The molecule has 4 rings (SSSR count). The minimum Gasteiger partial charge on any atom is -0.497 e. The maximum absolute atomic E-state index is 12.4. The Kier molecular flexibility index (Phi) is 5.64. The van der Waals surface area contributed by atoms with Crippen molar-refractivity contribution in [2.45, 2.75) is 32.7 Å². The average Bonchev–Trinajstić information content (AvgIpc) is 3.16. The van der Waals surface area contributed by atoms with Crippen LogP contribution in [0.25, 0.3) is 11.1 Å². The topological polar surface area (TPSA) is 80.5 Å². The van der Waals surface area contributed by atoms with E-state index < -0.39 is 0 Å². The van der Waals surface area contributed by atoms with Gasteiger partial charge in [-0.2, -0.15) is 4.98 Å². The molecule has 0 aliphatic carbocycles. The molecule has 1 N–H and O–H groups in total. The first-order chi connectivity index (χ1) is 14.1. The van der Waals surface area contributed by atoms with Gasteiger partial charge in [-0.15, -0.1) is 0 Å². The molecule has 1 fully saturated rings. The molecule has 1 unspecified atom stereocenters. The number of aromatic nitrogens is 2. The van der Waals surface area contributed by atoms with Crippen LogP contribution in [-0.2, 0) is 11.3 Å². The van der Waals surface area contributed by atoms with Gasteiger partial charge in [-0.3, -0.25) is 9.78 Å². The number of nitrogens with zero attached hydrogens (tertiary/aromatic N) is 3. The van der Waals surface area contributed by atoms with Crippen LogP contribution in [0.2, 0.25) is 0 Å². The minimum atomic E-state index is 0.0774. The third kappa shape index (κ3) is 4.67. The highest BCUT2D eigenvalue weighted by atomic mass is 16.5. The molecule has 0 saturated carbocycles. The number of amides is 1. The summed E-state index contributed by atoms with van der Waals surface area (Å²) in [7, 11) is 1.64. The Morgan fingerprint density at radius 3 is 3.07 bits per heavy atom. The summed E-state index contributed by atoms with van der Waals surface area (Å²) < 4.78 is 11.2. The molecule has 1 aliphatic rings. The summed E-state index contributed by atoms with van der Waals surface area (Å²) in [6.45, 7) is 4.14. The standard InChI is InChI=1S/C22H26N4O3/c1-15-10-16(7-8-23-15)13-24-21(27)11-17-4-3-9-26(14-17)22-25-19-12-18(28-2)5-6-20(19)29-22/h5-8,10,12,17H,3-4,9,11,13-14H2,1-2H3,(H,24,27). The van der Waals surface area contributed by atoms with Crippen molar-refractivity contribution in [2.75, 3.05) is 25.1 Å². The molecule has 1 atom stereocenters. The summed E-state index contributed by atoms with van der Waals surface area (Å²) in [5.41, 5.74) is 3.55. The fraction of sp³-hybridized carbons (Fsp3) is 0.409. The first-order valence-electron chi connectivity index (χ1n) is 9.98. The normalized spacial score (nSPS) is 16.8. The number of oxazole rings is 1. The van der Waals surface area contributed by atoms with Crippen molar-refractivity contribution in [1.82, 2.24) is 15.3 Å². The maximum Gasteiger partial charge on any atom is 0.298 e. The lowest BCUT2D eigenvalue weighted by molar-refractivity contribution is -0.122. The number of nitrogens with one attached hydrogen (secondary N) is 1. The van der Waals surface area contributed by atoms with E-state index in [1.54, 1.807) is 13.3 Å². The van der Waals surface area contributed by atoms with Crippen LogP contribution in [0, 0.1) is 12.8 Å². The van der Waals surface area contributed by atoms with E-state index in [9.17, 15) is 4.79 Å². The number of hydrogen-bond donors (Lipinski definition) is 1. The van der Waals surface area contributed by atoms with Crippen LogP contribution in [0.15, 0.2) is 40.9 Å². The summed E-state index contributed by atoms with van der Waals surface area (Å²) in [6, 6.07) is 10.2. The van der Waals surface area contributed by atoms with Gasteiger partial charge in [0.15, 0.2) is 5.58 Å². The molecule has 3 heterocycles. The maximum atomic E-state index is 12.4. The number of ether oxygens (including phenoxy) is 1. The highest BCUT2D eigenvalue weighted by Gasteiger charge is 2.25. The zero-order chi connectivity index (χ0) is 20.2. The van der Waals surface area contributed by atoms with Crippen LogP contribution in [-0.4, -0.2) is 36.1 Å². The van der Waals surface area contributed by atoms with Crippen LogP contribution in [0.1, 0.15) is 30.5 Å². The van der Waals surface area contributed by atoms with E-state index >= 15 is 0 Å². The van der Waals surface area contributed by atoms with Gasteiger partial charge in [-0.25, -0.2) is 0 Å². The lowest BCUT2D eigenvalue weighted by Crippen LogP contribution is -2.38. The number of carbonyl (C=O) groups is 1. The lowest BCUT2D eigenvalue weighted by atomic mass is 9.94. The largest absolute Gasteiger partial charge is 0.497 e. The number of fused-ring (bicyclic) bond motifs is 1. The Labute approximate surface area is 170 Å². The van der Waals surface area contributed by atoms with E-state index in [1.165, 1.54) is 0 Å². The Morgan fingerprint density at radius 1 is 1.34 bits per heavy atom. The predicted molar refractivity (Wildman–Crippen MR) is 111 cm³/mol. The van der Waals surface area contributed by atoms with Gasteiger partial charge in [0, 0.05) is 44.0 Å². The quantitative estimate of drug-likeness (QED) is 0.690. The monoisotopic (exact) mass is 394 g/mol. The van der Waals surface area contributed by atoms with E-state index in [0.29, 0.717) is 19.0 Å². The second-order valence-corrected chi connectivity index (χ2v) is 7.57. The zero-order valence-corrected chi connectivity index (χ0v) is 16.9. The van der Waals surface area contributed by atoms with E-state index in [4.69, 9.17) is 9.15 Å². The van der Waals surface area contributed by atoms with Crippen molar-refractivity contribution in [3.8, 4) is 5.75 Å². The summed E-state index contributed by atoms with van der Waals surface area (Å²) in [5.74, 6) is 1.12. The van der Waals surface area contributed by atoms with Gasteiger partial charge in [0.05, 0.1) is 7.11 Å². The molecular formula is C22H26N4O3. The average molecular weight is 394 g/mol. The van der Waals surface area contributed by atoms with E-state index in [1.807, 2.05) is 37.3 Å². The number of anilines is 1. The van der Waals surface area contributed by atoms with Gasteiger partial charge >= 0.3 is 0 Å². The molecule has 7 heteroatoms. The van der Waals surface area contributed by atoms with Crippen LogP contribution < -0.4 is 15.0 Å². The fourth-order valence-corrected chi connectivity index (χ4v) is 3.81. The number of piperidine rings is 1. The van der Waals surface area contributed by atoms with Gasteiger partial charge in [0.2, 0.25) is 5.91 Å². The van der Waals surface area contributed by atoms with Gasteiger partial charge in [-0.1, -0.05) is 0 Å². The Bertz CT molecular complexity index is 1000. The highest BCUT2D eigenvalue weighted by molar-refractivity contribution is 5.77. The minimum absolute atomic E-state index is 0.0774. The number of hydrogen-bond acceptors (Lipinski definition) is 6. The van der Waals surface area contributed by atoms with Crippen LogP contribution in [0.4, 0.5) is 6.01 Å². The Hall–Kier alpha value is -3.09. The molecule has 7 nitrogen and oxygen atoms in total. The van der Waals surface area contributed by atoms with E-state index in [2.05, 4.69) is 20.2 Å². The summed E-state index contributed by atoms with van der Waals surface area (Å²) in [4.78, 5) is 23.4. The van der Waals surface area contributed by atoms with Crippen LogP contribution in [0.5, 0.6) is 5.75 Å². The van der Waals surface area contributed by atoms with Crippen LogP contribution in [0.3, 0.4) is 0 Å². The summed E-state index contributed by atoms with van der Waals surface area (Å²) in [5, 5.41) is 3.02. The summed E-state index contributed by atoms with van der Waals surface area (Å²) >= 11 is 0. The van der Waals surface area contributed by atoms with Crippen LogP contribution >= 0.6 is 0 Å².